The van der Waals surface area contributed by atoms with Crippen LogP contribution in [0.4, 0.5) is 5.82 Å². The van der Waals surface area contributed by atoms with Gasteiger partial charge >= 0.3 is 0 Å². The third-order valence-corrected chi connectivity index (χ3v) is 7.98. The van der Waals surface area contributed by atoms with Crippen LogP contribution < -0.4 is 4.90 Å². The van der Waals surface area contributed by atoms with Crippen molar-refractivity contribution in [3.05, 3.63) is 16.3 Å². The summed E-state index contributed by atoms with van der Waals surface area (Å²) >= 11 is 1.84. The number of aromatic nitrogens is 2. The Balaban J connectivity index is 1.41. The summed E-state index contributed by atoms with van der Waals surface area (Å²) in [5.41, 5.74) is 1.47. The Kier molecular flexibility index (Phi) is 8.36. The van der Waals surface area contributed by atoms with Gasteiger partial charge in [-0.05, 0) is 37.7 Å². The molecule has 3 heterocycles. The first-order valence-corrected chi connectivity index (χ1v) is 13.4. The molecule has 6 nitrogen and oxygen atoms in total. The van der Waals surface area contributed by atoms with Crippen molar-refractivity contribution in [3.8, 4) is 0 Å². The molecular formula is C25H38N4O2S. The van der Waals surface area contributed by atoms with Gasteiger partial charge in [0.1, 0.15) is 17.3 Å². The molecule has 2 aromatic rings. The molecule has 7 heteroatoms. The van der Waals surface area contributed by atoms with Crippen molar-refractivity contribution in [1.29, 1.82) is 0 Å². The van der Waals surface area contributed by atoms with Gasteiger partial charge in [-0.3, -0.25) is 4.79 Å². The summed E-state index contributed by atoms with van der Waals surface area (Å²) in [5.74, 6) is 2.14. The molecule has 2 aliphatic rings. The molecule has 0 unspecified atom stereocenters. The van der Waals surface area contributed by atoms with Gasteiger partial charge in [-0.25, -0.2) is 9.97 Å². The van der Waals surface area contributed by atoms with E-state index < -0.39 is 0 Å². The number of fused-ring (bicyclic) bond motifs is 3. The van der Waals surface area contributed by atoms with Crippen molar-refractivity contribution in [2.24, 2.45) is 0 Å². The highest BCUT2D eigenvalue weighted by Gasteiger charge is 2.27. The van der Waals surface area contributed by atoms with Crippen molar-refractivity contribution < 1.29 is 9.53 Å². The lowest BCUT2D eigenvalue weighted by Crippen LogP contribution is -2.49. The predicted molar refractivity (Wildman–Crippen MR) is 132 cm³/mol. The lowest BCUT2D eigenvalue weighted by molar-refractivity contribution is -0.131. The summed E-state index contributed by atoms with van der Waals surface area (Å²) in [6.45, 7) is 5.92. The molecule has 0 saturated carbocycles. The third kappa shape index (κ3) is 5.42. The Bertz CT molecular complexity index is 905. The molecule has 0 spiro atoms. The van der Waals surface area contributed by atoms with E-state index in [0.717, 1.165) is 61.9 Å². The van der Waals surface area contributed by atoms with Crippen LogP contribution in [0.2, 0.25) is 0 Å². The molecular weight excluding hydrogens is 420 g/mol. The number of carbonyl (C=O) groups is 1. The number of rotatable bonds is 10. The fourth-order valence-electron chi connectivity index (χ4n) is 4.99. The Morgan fingerprint density at radius 3 is 2.53 bits per heavy atom. The molecule has 1 aliphatic heterocycles. The van der Waals surface area contributed by atoms with Gasteiger partial charge in [0.15, 0.2) is 5.82 Å². The summed E-state index contributed by atoms with van der Waals surface area (Å²) < 4.78 is 5.35. The van der Waals surface area contributed by atoms with Crippen LogP contribution in [0.1, 0.15) is 81.0 Å². The molecule has 2 aromatic heterocycles. The maximum atomic E-state index is 12.7. The Hall–Kier alpha value is -1.73. The van der Waals surface area contributed by atoms with E-state index in [1.54, 1.807) is 7.11 Å². The number of ether oxygens (including phenoxy) is 1. The van der Waals surface area contributed by atoms with Crippen LogP contribution >= 0.6 is 11.3 Å². The van der Waals surface area contributed by atoms with E-state index in [9.17, 15) is 4.79 Å². The van der Waals surface area contributed by atoms with Crippen molar-refractivity contribution in [2.75, 3.05) is 38.2 Å². The van der Waals surface area contributed by atoms with Crippen LogP contribution in [0, 0.1) is 0 Å². The molecule has 1 saturated heterocycles. The molecule has 0 radical (unpaired) electrons. The van der Waals surface area contributed by atoms with Gasteiger partial charge in [0.05, 0.1) is 5.39 Å². The number of nitrogens with zero attached hydrogens (tertiary/aromatic N) is 4. The standard InChI is InChI=1S/C25H38N4O2S/c1-3-4-5-6-7-8-13-22(30)28-14-16-29(17-15-28)24-23-19-11-9-10-12-20(19)32-25(23)27-21(26-24)18-31-2/h3-18H2,1-2H3. The zero-order valence-corrected chi connectivity index (χ0v) is 20.6. The fraction of sp³-hybridized carbons (Fsp3) is 0.720. The molecule has 0 bridgehead atoms. The van der Waals surface area contributed by atoms with Gasteiger partial charge in [-0.15, -0.1) is 11.3 Å². The Morgan fingerprint density at radius 2 is 1.75 bits per heavy atom. The van der Waals surface area contributed by atoms with Crippen LogP contribution in [-0.4, -0.2) is 54.1 Å². The molecule has 1 fully saturated rings. The van der Waals surface area contributed by atoms with E-state index in [-0.39, 0.29) is 0 Å². The minimum absolute atomic E-state index is 0.320. The summed E-state index contributed by atoms with van der Waals surface area (Å²) in [6.07, 6.45) is 12.8. The van der Waals surface area contributed by atoms with Crippen molar-refractivity contribution >= 4 is 33.3 Å². The number of anilines is 1. The van der Waals surface area contributed by atoms with Crippen molar-refractivity contribution in [3.63, 3.8) is 0 Å². The van der Waals surface area contributed by atoms with Gasteiger partial charge < -0.3 is 14.5 Å². The van der Waals surface area contributed by atoms with E-state index >= 15 is 0 Å². The normalized spacial score (nSPS) is 16.6. The van der Waals surface area contributed by atoms with Gasteiger partial charge in [0.2, 0.25) is 5.91 Å². The number of hydrogen-bond acceptors (Lipinski definition) is 6. The third-order valence-electron chi connectivity index (χ3n) is 6.79. The van der Waals surface area contributed by atoms with Crippen molar-refractivity contribution in [2.45, 2.75) is 84.2 Å². The van der Waals surface area contributed by atoms with Gasteiger partial charge in [-0.2, -0.15) is 0 Å². The topological polar surface area (TPSA) is 58.6 Å². The zero-order valence-electron chi connectivity index (χ0n) is 19.8. The quantitative estimate of drug-likeness (QED) is 0.463. The van der Waals surface area contributed by atoms with Gasteiger partial charge in [-0.1, -0.05) is 39.0 Å². The lowest BCUT2D eigenvalue weighted by atomic mass is 9.97. The van der Waals surface area contributed by atoms with Crippen molar-refractivity contribution in [1.82, 2.24) is 14.9 Å². The van der Waals surface area contributed by atoms with E-state index in [1.165, 1.54) is 60.8 Å². The summed E-state index contributed by atoms with van der Waals surface area (Å²) in [4.78, 5) is 29.5. The Labute approximate surface area is 196 Å². The lowest BCUT2D eigenvalue weighted by Gasteiger charge is -2.36. The Morgan fingerprint density at radius 1 is 1.00 bits per heavy atom. The number of amides is 1. The highest BCUT2D eigenvalue weighted by atomic mass is 32.1. The second-order valence-corrected chi connectivity index (χ2v) is 10.3. The largest absolute Gasteiger partial charge is 0.377 e. The molecule has 0 N–H and O–H groups in total. The monoisotopic (exact) mass is 458 g/mol. The first kappa shape index (κ1) is 23.4. The zero-order chi connectivity index (χ0) is 22.3. The van der Waals surface area contributed by atoms with E-state index in [0.29, 0.717) is 18.9 Å². The van der Waals surface area contributed by atoms with E-state index in [4.69, 9.17) is 14.7 Å². The number of thiophene rings is 1. The molecule has 176 valence electrons. The van der Waals surface area contributed by atoms with Crippen LogP contribution in [0.3, 0.4) is 0 Å². The number of piperazine rings is 1. The molecule has 0 atom stereocenters. The number of carbonyl (C=O) groups excluding carboxylic acids is 1. The maximum absolute atomic E-state index is 12.7. The van der Waals surface area contributed by atoms with E-state index in [1.807, 2.05) is 11.3 Å². The maximum Gasteiger partial charge on any atom is 0.222 e. The highest BCUT2D eigenvalue weighted by Crippen LogP contribution is 2.40. The van der Waals surface area contributed by atoms with Gasteiger partial charge in [0, 0.05) is 44.6 Å². The molecule has 1 amide bonds. The predicted octanol–water partition coefficient (Wildman–Crippen LogP) is 5.12. The van der Waals surface area contributed by atoms with Gasteiger partial charge in [0.25, 0.3) is 0 Å². The van der Waals surface area contributed by atoms with Crippen LogP contribution in [0.15, 0.2) is 0 Å². The second-order valence-electron chi connectivity index (χ2n) is 9.17. The van der Waals surface area contributed by atoms with Crippen LogP contribution in [0.25, 0.3) is 10.2 Å². The second kappa shape index (κ2) is 11.4. The average Bonchev–Trinajstić information content (AvgIpc) is 3.19. The summed E-state index contributed by atoms with van der Waals surface area (Å²) in [5, 5.41) is 1.26. The number of hydrogen-bond donors (Lipinski definition) is 0. The molecule has 1 aliphatic carbocycles. The summed E-state index contributed by atoms with van der Waals surface area (Å²) in [6, 6.07) is 0. The minimum Gasteiger partial charge on any atom is -0.377 e. The number of unbranched alkanes of at least 4 members (excludes halogenated alkanes) is 5. The minimum atomic E-state index is 0.320. The first-order valence-electron chi connectivity index (χ1n) is 12.5. The average molecular weight is 459 g/mol. The molecule has 32 heavy (non-hydrogen) atoms. The molecule has 0 aromatic carbocycles. The summed E-state index contributed by atoms with van der Waals surface area (Å²) in [7, 11) is 1.70. The first-order chi connectivity index (χ1) is 15.7. The van der Waals surface area contributed by atoms with Crippen LogP contribution in [-0.2, 0) is 29.0 Å². The number of methoxy groups -OCH3 is 1. The van der Waals surface area contributed by atoms with Crippen LogP contribution in [0.5, 0.6) is 0 Å². The molecule has 4 rings (SSSR count). The highest BCUT2D eigenvalue weighted by molar-refractivity contribution is 7.19. The van der Waals surface area contributed by atoms with E-state index in [2.05, 4.69) is 16.7 Å². The SMILES string of the molecule is CCCCCCCCC(=O)N1CCN(c2nc(COC)nc3sc4c(c23)CCCC4)CC1. The number of aryl methyl sites for hydroxylation is 2. The fourth-order valence-corrected chi connectivity index (χ4v) is 6.26. The smallest absolute Gasteiger partial charge is 0.222 e.